The van der Waals surface area contributed by atoms with Crippen LogP contribution in [0.3, 0.4) is 0 Å². The van der Waals surface area contributed by atoms with E-state index < -0.39 is 0 Å². The Hall–Kier alpha value is -1.13. The SMILES string of the molecule is CCCC(NC)c1ccn(Cc2nc(C)c(C)s2)c1. The number of hydrogen-bond acceptors (Lipinski definition) is 3. The van der Waals surface area contributed by atoms with Crippen molar-refractivity contribution >= 4 is 11.3 Å². The number of nitrogens with one attached hydrogen (secondary N) is 1. The van der Waals surface area contributed by atoms with Gasteiger partial charge in [0.2, 0.25) is 0 Å². The van der Waals surface area contributed by atoms with Crippen LogP contribution in [0.25, 0.3) is 0 Å². The van der Waals surface area contributed by atoms with Gasteiger partial charge in [0.15, 0.2) is 0 Å². The number of aromatic nitrogens is 2. The van der Waals surface area contributed by atoms with E-state index in [0.29, 0.717) is 6.04 Å². The molecule has 2 aromatic heterocycles. The zero-order valence-corrected chi connectivity index (χ0v) is 13.0. The Morgan fingerprint density at radius 1 is 1.42 bits per heavy atom. The van der Waals surface area contributed by atoms with E-state index in [-0.39, 0.29) is 0 Å². The molecule has 0 radical (unpaired) electrons. The molecule has 1 N–H and O–H groups in total. The third-order valence-electron chi connectivity index (χ3n) is 3.49. The van der Waals surface area contributed by atoms with Crippen LogP contribution in [0.2, 0.25) is 0 Å². The summed E-state index contributed by atoms with van der Waals surface area (Å²) in [4.78, 5) is 5.92. The van der Waals surface area contributed by atoms with Crippen LogP contribution >= 0.6 is 11.3 Å². The van der Waals surface area contributed by atoms with Gasteiger partial charge in [-0.25, -0.2) is 4.98 Å². The van der Waals surface area contributed by atoms with Crippen molar-refractivity contribution in [1.82, 2.24) is 14.9 Å². The van der Waals surface area contributed by atoms with Gasteiger partial charge in [-0.05, 0) is 38.9 Å². The van der Waals surface area contributed by atoms with E-state index in [4.69, 9.17) is 0 Å². The molecule has 1 unspecified atom stereocenters. The Morgan fingerprint density at radius 2 is 2.21 bits per heavy atom. The number of rotatable bonds is 6. The van der Waals surface area contributed by atoms with Gasteiger partial charge in [0.25, 0.3) is 0 Å². The van der Waals surface area contributed by atoms with E-state index in [9.17, 15) is 0 Å². The number of hydrogen-bond donors (Lipinski definition) is 1. The van der Waals surface area contributed by atoms with Crippen LogP contribution in [-0.2, 0) is 6.54 Å². The van der Waals surface area contributed by atoms with Gasteiger partial charge in [-0.1, -0.05) is 13.3 Å². The molecule has 2 heterocycles. The van der Waals surface area contributed by atoms with E-state index >= 15 is 0 Å². The summed E-state index contributed by atoms with van der Waals surface area (Å²) in [5.41, 5.74) is 2.53. The van der Waals surface area contributed by atoms with Crippen molar-refractivity contribution in [2.24, 2.45) is 0 Å². The summed E-state index contributed by atoms with van der Waals surface area (Å²) in [7, 11) is 2.03. The lowest BCUT2D eigenvalue weighted by Crippen LogP contribution is -2.15. The van der Waals surface area contributed by atoms with Crippen LogP contribution in [0.1, 0.15) is 46.9 Å². The second-order valence-corrected chi connectivity index (χ2v) is 6.28. The molecule has 0 bridgehead atoms. The molecule has 0 aliphatic heterocycles. The highest BCUT2D eigenvalue weighted by atomic mass is 32.1. The van der Waals surface area contributed by atoms with Crippen LogP contribution in [-0.4, -0.2) is 16.6 Å². The largest absolute Gasteiger partial charge is 0.347 e. The molecule has 0 saturated carbocycles. The fourth-order valence-corrected chi connectivity index (χ4v) is 3.24. The summed E-state index contributed by atoms with van der Waals surface area (Å²) in [6.07, 6.45) is 6.77. The molecule has 2 rings (SSSR count). The predicted octanol–water partition coefficient (Wildman–Crippen LogP) is 3.67. The molecule has 0 fully saturated rings. The van der Waals surface area contributed by atoms with Crippen LogP contribution in [0, 0.1) is 13.8 Å². The fraction of sp³-hybridized carbons (Fsp3) is 0.533. The Kier molecular flexibility index (Phi) is 4.77. The highest BCUT2D eigenvalue weighted by Gasteiger charge is 2.10. The molecule has 0 aliphatic rings. The Labute approximate surface area is 119 Å². The molecule has 0 amide bonds. The lowest BCUT2D eigenvalue weighted by Gasteiger charge is -2.13. The van der Waals surface area contributed by atoms with E-state index in [1.165, 1.54) is 28.3 Å². The van der Waals surface area contributed by atoms with Gasteiger partial charge < -0.3 is 9.88 Å². The third kappa shape index (κ3) is 3.45. The first kappa shape index (κ1) is 14.3. The minimum absolute atomic E-state index is 0.464. The summed E-state index contributed by atoms with van der Waals surface area (Å²) >= 11 is 1.80. The minimum atomic E-state index is 0.464. The fourth-order valence-electron chi connectivity index (χ4n) is 2.29. The maximum absolute atomic E-state index is 4.60. The van der Waals surface area contributed by atoms with Gasteiger partial charge in [-0.3, -0.25) is 0 Å². The Balaban J connectivity index is 2.08. The first-order valence-electron chi connectivity index (χ1n) is 6.90. The zero-order chi connectivity index (χ0) is 13.8. The summed E-state index contributed by atoms with van der Waals surface area (Å²) in [6, 6.07) is 2.68. The molecule has 4 heteroatoms. The van der Waals surface area contributed by atoms with Gasteiger partial charge in [0.1, 0.15) is 5.01 Å². The quantitative estimate of drug-likeness (QED) is 0.873. The van der Waals surface area contributed by atoms with Crippen molar-refractivity contribution in [2.75, 3.05) is 7.05 Å². The summed E-state index contributed by atoms with van der Waals surface area (Å²) < 4.78 is 2.23. The zero-order valence-electron chi connectivity index (χ0n) is 12.2. The van der Waals surface area contributed by atoms with Gasteiger partial charge >= 0.3 is 0 Å². The van der Waals surface area contributed by atoms with Crippen molar-refractivity contribution < 1.29 is 0 Å². The molecule has 0 aliphatic carbocycles. The molecule has 2 aromatic rings. The third-order valence-corrected chi connectivity index (χ3v) is 4.55. The van der Waals surface area contributed by atoms with Crippen LogP contribution in [0.5, 0.6) is 0 Å². The summed E-state index contributed by atoms with van der Waals surface area (Å²) in [5, 5.41) is 4.57. The normalized spacial score (nSPS) is 12.8. The molecule has 1 atom stereocenters. The smallest absolute Gasteiger partial charge is 0.113 e. The second-order valence-electron chi connectivity index (χ2n) is 5.00. The van der Waals surface area contributed by atoms with Crippen LogP contribution in [0.4, 0.5) is 0 Å². The van der Waals surface area contributed by atoms with Crippen molar-refractivity contribution in [3.63, 3.8) is 0 Å². The predicted molar refractivity (Wildman–Crippen MR) is 81.8 cm³/mol. The second kappa shape index (κ2) is 6.35. The molecular weight excluding hydrogens is 254 g/mol. The van der Waals surface area contributed by atoms with Crippen LogP contribution in [0.15, 0.2) is 18.5 Å². The topological polar surface area (TPSA) is 29.9 Å². The van der Waals surface area contributed by atoms with E-state index in [1.807, 2.05) is 7.05 Å². The Bertz CT molecular complexity index is 508. The van der Waals surface area contributed by atoms with E-state index in [1.54, 1.807) is 11.3 Å². The first-order valence-corrected chi connectivity index (χ1v) is 7.71. The number of aryl methyl sites for hydroxylation is 2. The molecule has 3 nitrogen and oxygen atoms in total. The van der Waals surface area contributed by atoms with Gasteiger partial charge in [0.05, 0.1) is 12.2 Å². The maximum Gasteiger partial charge on any atom is 0.113 e. The molecule has 0 aromatic carbocycles. The molecule has 0 saturated heterocycles. The lowest BCUT2D eigenvalue weighted by atomic mass is 10.1. The Morgan fingerprint density at radius 3 is 2.79 bits per heavy atom. The minimum Gasteiger partial charge on any atom is -0.347 e. The average molecular weight is 277 g/mol. The number of thiazole rings is 1. The van der Waals surface area contributed by atoms with Crippen molar-refractivity contribution in [2.45, 2.75) is 46.2 Å². The number of nitrogens with zero attached hydrogens (tertiary/aromatic N) is 2. The summed E-state index contributed by atoms with van der Waals surface area (Å²) in [5.74, 6) is 0. The van der Waals surface area contributed by atoms with Gasteiger partial charge in [-0.2, -0.15) is 0 Å². The van der Waals surface area contributed by atoms with Gasteiger partial charge in [-0.15, -0.1) is 11.3 Å². The summed E-state index contributed by atoms with van der Waals surface area (Å²) in [6.45, 7) is 7.31. The average Bonchev–Trinajstić information content (AvgIpc) is 2.95. The monoisotopic (exact) mass is 277 g/mol. The van der Waals surface area contributed by atoms with Crippen LogP contribution < -0.4 is 5.32 Å². The molecule has 19 heavy (non-hydrogen) atoms. The van der Waals surface area contributed by atoms with Crippen molar-refractivity contribution in [3.8, 4) is 0 Å². The molecule has 104 valence electrons. The van der Waals surface area contributed by atoms with E-state index in [0.717, 1.165) is 12.2 Å². The highest BCUT2D eigenvalue weighted by Crippen LogP contribution is 2.21. The maximum atomic E-state index is 4.60. The van der Waals surface area contributed by atoms with Crippen molar-refractivity contribution in [3.05, 3.63) is 39.6 Å². The van der Waals surface area contributed by atoms with E-state index in [2.05, 4.69) is 54.1 Å². The molecular formula is C15H23N3S. The standard InChI is InChI=1S/C15H23N3S/c1-5-6-14(16-4)13-7-8-18(9-13)10-15-17-11(2)12(3)19-15/h7-9,14,16H,5-6,10H2,1-4H3. The molecule has 0 spiro atoms. The van der Waals surface area contributed by atoms with Crippen molar-refractivity contribution in [1.29, 1.82) is 0 Å². The van der Waals surface area contributed by atoms with Gasteiger partial charge in [0, 0.05) is 23.3 Å². The first-order chi connectivity index (χ1) is 9.13. The highest BCUT2D eigenvalue weighted by molar-refractivity contribution is 7.11. The lowest BCUT2D eigenvalue weighted by molar-refractivity contribution is 0.540.